The summed E-state index contributed by atoms with van der Waals surface area (Å²) in [4.78, 5) is 0. The minimum absolute atomic E-state index is 0.136. The fraction of sp³-hybridized carbons (Fsp3) is 0.0545. The Labute approximate surface area is 642 Å². The van der Waals surface area contributed by atoms with Crippen LogP contribution in [0.2, 0.25) is 0 Å². The van der Waals surface area contributed by atoms with E-state index in [4.69, 9.17) is 0 Å². The molecule has 0 saturated heterocycles. The molecule has 110 heavy (non-hydrogen) atoms. The molecule has 0 nitrogen and oxygen atoms in total. The Bertz CT molecular complexity index is 7100. The molecule has 0 aliphatic heterocycles. The highest BCUT2D eigenvalue weighted by atomic mass is 14.4. The fourth-order valence-electron chi connectivity index (χ4n) is 19.6. The molecule has 22 rings (SSSR count). The van der Waals surface area contributed by atoms with Crippen molar-refractivity contribution >= 4 is 86.2 Å². The molecule has 0 fully saturated rings. The standard InChI is InChI=1S/2C55H38/c1-55(2)50-32-31-36-16-4-6-23-43(36)53(50)49-30-14-29-44(54(49)55)38-19-12-21-40(34-38)52-47-26-9-7-24-45(47)51(46-25-8-10-27-48(46)52)39-20-11-18-37(33-39)42-28-13-17-35-15-3-5-22-41(35)42;1-55(2)50-32-31-36-16-5-6-21-42(36)53(50)49-28-14-27-43(54(49)55)38-18-13-19-40(34-38)51-45-23-9-11-25-47(45)52(48-26-12-10-24-46(48)51)44-22-8-7-20-41(44)39-30-29-35-15-3-4-17-37(35)33-39/h2*3-34H,1-2H3. The number of benzene rings is 20. The van der Waals surface area contributed by atoms with E-state index in [9.17, 15) is 0 Å². The van der Waals surface area contributed by atoms with Gasteiger partial charge >= 0.3 is 0 Å². The van der Waals surface area contributed by atoms with Crippen molar-refractivity contribution in [1.29, 1.82) is 0 Å². The van der Waals surface area contributed by atoms with Gasteiger partial charge < -0.3 is 0 Å². The van der Waals surface area contributed by atoms with Gasteiger partial charge in [-0.05, 0) is 244 Å². The van der Waals surface area contributed by atoms with Crippen molar-refractivity contribution in [3.05, 3.63) is 411 Å². The Morgan fingerprint density at radius 3 is 0.864 bits per heavy atom. The van der Waals surface area contributed by atoms with Crippen LogP contribution >= 0.6 is 0 Å². The molecule has 0 saturated carbocycles. The van der Waals surface area contributed by atoms with Crippen molar-refractivity contribution in [1.82, 2.24) is 0 Å². The highest BCUT2D eigenvalue weighted by molar-refractivity contribution is 6.24. The predicted octanol–water partition coefficient (Wildman–Crippen LogP) is 30.5. The third-order valence-electron chi connectivity index (χ3n) is 24.4. The molecule has 20 aromatic carbocycles. The second-order valence-corrected chi connectivity index (χ2v) is 31.2. The molecule has 2 aliphatic carbocycles. The Kier molecular flexibility index (Phi) is 15.1. The Hall–Kier alpha value is -13.5. The zero-order valence-corrected chi connectivity index (χ0v) is 62.0. The summed E-state index contributed by atoms with van der Waals surface area (Å²) < 4.78 is 0. The first-order valence-corrected chi connectivity index (χ1v) is 38.7. The smallest absolute Gasteiger partial charge is 0.0165 e. The first-order valence-electron chi connectivity index (χ1n) is 38.7. The number of rotatable bonds is 8. The van der Waals surface area contributed by atoms with Crippen LogP contribution in [0.25, 0.3) is 197 Å². The summed E-state index contributed by atoms with van der Waals surface area (Å²) in [6.45, 7) is 9.59. The summed E-state index contributed by atoms with van der Waals surface area (Å²) in [5.74, 6) is 0. The molecular weight excluding hydrogens is 1320 g/mol. The summed E-state index contributed by atoms with van der Waals surface area (Å²) in [5, 5.41) is 20.4. The molecule has 0 bridgehead atoms. The van der Waals surface area contributed by atoms with Crippen LogP contribution in [0.4, 0.5) is 0 Å². The maximum atomic E-state index is 2.43. The second kappa shape index (κ2) is 25.6. The lowest BCUT2D eigenvalue weighted by atomic mass is 9.78. The Morgan fingerprint density at radius 1 is 0.145 bits per heavy atom. The number of fused-ring (bicyclic) bond motifs is 16. The van der Waals surface area contributed by atoms with Gasteiger partial charge in [-0.3, -0.25) is 0 Å². The van der Waals surface area contributed by atoms with Gasteiger partial charge in [-0.1, -0.05) is 392 Å². The van der Waals surface area contributed by atoms with Crippen LogP contribution in [0.15, 0.2) is 388 Å². The van der Waals surface area contributed by atoms with E-state index in [1.807, 2.05) is 0 Å². The van der Waals surface area contributed by atoms with E-state index in [-0.39, 0.29) is 10.8 Å². The Balaban J connectivity index is 0.000000140. The lowest BCUT2D eigenvalue weighted by molar-refractivity contribution is 0.662. The molecule has 0 amide bonds. The van der Waals surface area contributed by atoms with Gasteiger partial charge in [0.05, 0.1) is 0 Å². The fourth-order valence-corrected chi connectivity index (χ4v) is 19.6. The molecule has 20 aromatic rings. The SMILES string of the molecule is CC1(C)c2ccc3ccccc3c2-c2cccc(-c3cccc(-c4c5ccccc5c(-c5cccc(-c6cccc7ccccc67)c5)c5ccccc45)c3)c21.CC1(C)c2ccc3ccccc3c2-c2cccc(-c3cccc(-c4c5ccccc5c(-c5ccccc5-c5ccc6ccccc6c5)c5ccccc45)c3)c21. The molecule has 0 heterocycles. The molecule has 0 aromatic heterocycles. The third-order valence-corrected chi connectivity index (χ3v) is 24.4. The van der Waals surface area contributed by atoms with E-state index in [1.165, 1.54) is 220 Å². The van der Waals surface area contributed by atoms with E-state index in [1.54, 1.807) is 0 Å². The van der Waals surface area contributed by atoms with Crippen LogP contribution in [-0.2, 0) is 10.8 Å². The second-order valence-electron chi connectivity index (χ2n) is 31.2. The van der Waals surface area contributed by atoms with Crippen LogP contribution in [0.5, 0.6) is 0 Å². The molecule has 0 radical (unpaired) electrons. The van der Waals surface area contributed by atoms with Gasteiger partial charge in [0.1, 0.15) is 0 Å². The molecule has 0 N–H and O–H groups in total. The van der Waals surface area contributed by atoms with Crippen molar-refractivity contribution in [2.75, 3.05) is 0 Å². The maximum Gasteiger partial charge on any atom is 0.0165 e. The summed E-state index contributed by atoms with van der Waals surface area (Å²) >= 11 is 0. The average Bonchev–Trinajstić information content (AvgIpc) is 1.37. The maximum absolute atomic E-state index is 2.43. The molecule has 0 atom stereocenters. The van der Waals surface area contributed by atoms with Gasteiger partial charge in [-0.25, -0.2) is 0 Å². The molecule has 0 unspecified atom stereocenters. The predicted molar refractivity (Wildman–Crippen MR) is 472 cm³/mol. The van der Waals surface area contributed by atoms with Gasteiger partial charge in [0.25, 0.3) is 0 Å². The quantitative estimate of drug-likeness (QED) is 0.133. The van der Waals surface area contributed by atoms with Gasteiger partial charge in [0.15, 0.2) is 0 Å². The van der Waals surface area contributed by atoms with Crippen LogP contribution in [0.3, 0.4) is 0 Å². The van der Waals surface area contributed by atoms with Gasteiger partial charge in [0.2, 0.25) is 0 Å². The van der Waals surface area contributed by atoms with Crippen molar-refractivity contribution in [2.24, 2.45) is 0 Å². The van der Waals surface area contributed by atoms with Gasteiger partial charge in [-0.15, -0.1) is 0 Å². The molecular formula is C110H76. The zero-order chi connectivity index (χ0) is 73.3. The zero-order valence-electron chi connectivity index (χ0n) is 62.0. The summed E-state index contributed by atoms with van der Waals surface area (Å²) in [5.41, 5.74) is 31.0. The Morgan fingerprint density at radius 2 is 0.418 bits per heavy atom. The van der Waals surface area contributed by atoms with Crippen LogP contribution in [-0.4, -0.2) is 0 Å². The van der Waals surface area contributed by atoms with Crippen molar-refractivity contribution in [2.45, 2.75) is 38.5 Å². The topological polar surface area (TPSA) is 0 Å². The van der Waals surface area contributed by atoms with E-state index in [2.05, 4.69) is 416 Å². The van der Waals surface area contributed by atoms with Crippen LogP contribution in [0, 0.1) is 0 Å². The largest absolute Gasteiger partial charge is 0.0616 e. The summed E-state index contributed by atoms with van der Waals surface area (Å²) in [7, 11) is 0. The van der Waals surface area contributed by atoms with Crippen molar-refractivity contribution in [3.63, 3.8) is 0 Å². The first kappa shape index (κ1) is 64.8. The molecule has 0 heteroatoms. The van der Waals surface area contributed by atoms with Crippen molar-refractivity contribution < 1.29 is 0 Å². The highest BCUT2D eigenvalue weighted by Gasteiger charge is 2.40. The minimum atomic E-state index is -0.138. The van der Waals surface area contributed by atoms with E-state index in [0.717, 1.165) is 0 Å². The average molecular weight is 1400 g/mol. The van der Waals surface area contributed by atoms with E-state index < -0.39 is 0 Å². The summed E-state index contributed by atoms with van der Waals surface area (Å²) in [6, 6.07) is 144. The lowest BCUT2D eigenvalue weighted by Gasteiger charge is -2.25. The van der Waals surface area contributed by atoms with Crippen molar-refractivity contribution in [3.8, 4) is 111 Å². The monoisotopic (exact) mass is 1400 g/mol. The number of hydrogen-bond donors (Lipinski definition) is 0. The number of hydrogen-bond acceptors (Lipinski definition) is 0. The van der Waals surface area contributed by atoms with E-state index >= 15 is 0 Å². The molecule has 2 aliphatic rings. The molecule has 516 valence electrons. The highest BCUT2D eigenvalue weighted by Crippen LogP contribution is 2.58. The normalized spacial score (nSPS) is 13.1. The van der Waals surface area contributed by atoms with E-state index in [0.29, 0.717) is 0 Å². The van der Waals surface area contributed by atoms with Gasteiger partial charge in [0, 0.05) is 10.8 Å². The first-order chi connectivity index (χ1) is 54.1. The lowest BCUT2D eigenvalue weighted by Crippen LogP contribution is -2.16. The third kappa shape index (κ3) is 10.2. The summed E-state index contributed by atoms with van der Waals surface area (Å²) in [6.07, 6.45) is 0. The van der Waals surface area contributed by atoms with Gasteiger partial charge in [-0.2, -0.15) is 0 Å². The molecule has 0 spiro atoms. The van der Waals surface area contributed by atoms with Crippen LogP contribution < -0.4 is 0 Å². The van der Waals surface area contributed by atoms with Crippen LogP contribution in [0.1, 0.15) is 49.9 Å². The minimum Gasteiger partial charge on any atom is -0.0616 e.